The van der Waals surface area contributed by atoms with Gasteiger partial charge in [0.25, 0.3) is 5.91 Å². The van der Waals surface area contributed by atoms with E-state index in [4.69, 9.17) is 20.9 Å². The largest absolute Gasteiger partial charge is 0.489 e. The summed E-state index contributed by atoms with van der Waals surface area (Å²) in [5, 5.41) is 4.68. The number of hydrogen-bond donors (Lipinski definition) is 0. The predicted molar refractivity (Wildman–Crippen MR) is 119 cm³/mol. The monoisotopic (exact) mass is 439 g/mol. The minimum atomic E-state index is -0.109. The molecule has 0 unspecified atom stereocenters. The van der Waals surface area contributed by atoms with E-state index in [1.54, 1.807) is 31.2 Å². The number of hydrogen-bond acceptors (Lipinski definition) is 5. The number of amides is 1. The molecule has 0 atom stereocenters. The van der Waals surface area contributed by atoms with Crippen LogP contribution >= 0.6 is 11.6 Å². The van der Waals surface area contributed by atoms with Crippen molar-refractivity contribution in [2.45, 2.75) is 27.0 Å². The summed E-state index contributed by atoms with van der Waals surface area (Å²) in [7, 11) is 0. The quantitative estimate of drug-likeness (QED) is 0.566. The molecule has 1 saturated heterocycles. The summed E-state index contributed by atoms with van der Waals surface area (Å²) in [5.74, 6) is 1.16. The lowest BCUT2D eigenvalue weighted by Crippen LogP contribution is -2.48. The standard InChI is InChI=1S/C24H26ClN3O3/c1-17-4-3-5-19(14-17)15-27-10-12-28(13-11-27)24(29)23-22(18(2)31-26-23)16-30-21-8-6-20(25)7-9-21/h3-9,14H,10-13,15-16H2,1-2H3. The van der Waals surface area contributed by atoms with Gasteiger partial charge in [0.15, 0.2) is 5.69 Å². The first-order valence-electron chi connectivity index (χ1n) is 10.4. The molecular weight excluding hydrogens is 414 g/mol. The van der Waals surface area contributed by atoms with E-state index in [1.165, 1.54) is 11.1 Å². The Labute approximate surface area is 187 Å². The van der Waals surface area contributed by atoms with Crippen molar-refractivity contribution in [1.29, 1.82) is 0 Å². The minimum absolute atomic E-state index is 0.109. The van der Waals surface area contributed by atoms with E-state index < -0.39 is 0 Å². The Bertz CT molecular complexity index is 1040. The Morgan fingerprint density at radius 3 is 2.55 bits per heavy atom. The third kappa shape index (κ3) is 5.27. The van der Waals surface area contributed by atoms with Crippen LogP contribution < -0.4 is 4.74 Å². The third-order valence-electron chi connectivity index (χ3n) is 5.53. The maximum absolute atomic E-state index is 13.1. The van der Waals surface area contributed by atoms with Crippen LogP contribution in [-0.2, 0) is 13.2 Å². The smallest absolute Gasteiger partial charge is 0.276 e. The summed E-state index contributed by atoms with van der Waals surface area (Å²) >= 11 is 5.92. The number of piperazine rings is 1. The fourth-order valence-electron chi connectivity index (χ4n) is 3.74. The highest BCUT2D eigenvalue weighted by molar-refractivity contribution is 6.30. The summed E-state index contributed by atoms with van der Waals surface area (Å²) in [4.78, 5) is 17.3. The van der Waals surface area contributed by atoms with E-state index >= 15 is 0 Å². The molecule has 0 N–H and O–H groups in total. The van der Waals surface area contributed by atoms with Gasteiger partial charge in [-0.15, -0.1) is 0 Å². The second kappa shape index (κ2) is 9.54. The molecular formula is C24H26ClN3O3. The van der Waals surface area contributed by atoms with Crippen molar-refractivity contribution in [3.63, 3.8) is 0 Å². The number of benzene rings is 2. The van der Waals surface area contributed by atoms with E-state index in [-0.39, 0.29) is 12.5 Å². The van der Waals surface area contributed by atoms with Gasteiger partial charge in [-0.2, -0.15) is 0 Å². The molecule has 1 amide bonds. The lowest BCUT2D eigenvalue weighted by molar-refractivity contribution is 0.0616. The molecule has 0 saturated carbocycles. The van der Waals surface area contributed by atoms with Crippen molar-refractivity contribution in [3.8, 4) is 5.75 Å². The Morgan fingerprint density at radius 1 is 1.10 bits per heavy atom. The van der Waals surface area contributed by atoms with Crippen molar-refractivity contribution in [2.75, 3.05) is 26.2 Å². The summed E-state index contributed by atoms with van der Waals surface area (Å²) in [6.45, 7) is 7.99. The molecule has 2 aromatic carbocycles. The summed E-state index contributed by atoms with van der Waals surface area (Å²) in [6.07, 6.45) is 0. The topological polar surface area (TPSA) is 58.8 Å². The van der Waals surface area contributed by atoms with E-state index in [2.05, 4.69) is 41.2 Å². The fourth-order valence-corrected chi connectivity index (χ4v) is 3.87. The normalized spacial score (nSPS) is 14.6. The number of nitrogens with zero attached hydrogens (tertiary/aromatic N) is 3. The molecule has 31 heavy (non-hydrogen) atoms. The zero-order valence-electron chi connectivity index (χ0n) is 17.8. The highest BCUT2D eigenvalue weighted by Crippen LogP contribution is 2.21. The Balaban J connectivity index is 1.36. The molecule has 6 nitrogen and oxygen atoms in total. The molecule has 1 aliphatic rings. The summed E-state index contributed by atoms with van der Waals surface area (Å²) in [5.41, 5.74) is 3.58. The molecule has 7 heteroatoms. The molecule has 162 valence electrons. The first kappa shape index (κ1) is 21.4. The van der Waals surface area contributed by atoms with Crippen molar-refractivity contribution < 1.29 is 14.1 Å². The Kier molecular flexibility index (Phi) is 6.59. The molecule has 0 radical (unpaired) electrons. The van der Waals surface area contributed by atoms with Gasteiger partial charge in [-0.3, -0.25) is 9.69 Å². The first-order chi connectivity index (χ1) is 15.0. The van der Waals surface area contributed by atoms with Crippen molar-refractivity contribution in [2.24, 2.45) is 0 Å². The van der Waals surface area contributed by atoms with Gasteiger partial charge < -0.3 is 14.2 Å². The molecule has 3 aromatic rings. The SMILES string of the molecule is Cc1cccc(CN2CCN(C(=O)c3noc(C)c3COc3ccc(Cl)cc3)CC2)c1. The van der Waals surface area contributed by atoms with Crippen molar-refractivity contribution in [1.82, 2.24) is 15.0 Å². The average molecular weight is 440 g/mol. The number of carbonyl (C=O) groups excluding carboxylic acids is 1. The van der Waals surface area contributed by atoms with Crippen LogP contribution in [0, 0.1) is 13.8 Å². The van der Waals surface area contributed by atoms with Crippen LogP contribution in [0.3, 0.4) is 0 Å². The number of halogens is 1. The number of ether oxygens (including phenoxy) is 1. The van der Waals surface area contributed by atoms with Crippen LogP contribution in [0.15, 0.2) is 53.1 Å². The number of rotatable bonds is 6. The van der Waals surface area contributed by atoms with Crippen molar-refractivity contribution in [3.05, 3.63) is 81.7 Å². The van der Waals surface area contributed by atoms with Crippen LogP contribution in [0.4, 0.5) is 0 Å². The average Bonchev–Trinajstić information content (AvgIpc) is 3.14. The fraction of sp³-hybridized carbons (Fsp3) is 0.333. The molecule has 1 aromatic heterocycles. The molecule has 0 bridgehead atoms. The van der Waals surface area contributed by atoms with E-state index in [9.17, 15) is 4.79 Å². The maximum atomic E-state index is 13.1. The summed E-state index contributed by atoms with van der Waals surface area (Å²) in [6, 6.07) is 15.7. The van der Waals surface area contributed by atoms with E-state index in [1.807, 2.05) is 4.90 Å². The Hall–Kier alpha value is -2.83. The number of aryl methyl sites for hydroxylation is 2. The first-order valence-corrected chi connectivity index (χ1v) is 10.8. The second-order valence-corrected chi connectivity index (χ2v) is 8.30. The zero-order chi connectivity index (χ0) is 21.8. The van der Waals surface area contributed by atoms with Gasteiger partial charge in [0.1, 0.15) is 18.1 Å². The van der Waals surface area contributed by atoms with Gasteiger partial charge in [0, 0.05) is 37.7 Å². The Morgan fingerprint density at radius 2 is 1.84 bits per heavy atom. The minimum Gasteiger partial charge on any atom is -0.489 e. The maximum Gasteiger partial charge on any atom is 0.276 e. The van der Waals surface area contributed by atoms with Gasteiger partial charge in [-0.25, -0.2) is 0 Å². The van der Waals surface area contributed by atoms with Crippen LogP contribution in [-0.4, -0.2) is 47.0 Å². The van der Waals surface area contributed by atoms with Crippen LogP contribution in [0.5, 0.6) is 5.75 Å². The number of aromatic nitrogens is 1. The van der Waals surface area contributed by atoms with Crippen molar-refractivity contribution >= 4 is 17.5 Å². The van der Waals surface area contributed by atoms with Gasteiger partial charge in [-0.1, -0.05) is 46.6 Å². The lowest BCUT2D eigenvalue weighted by atomic mass is 10.1. The zero-order valence-corrected chi connectivity index (χ0v) is 18.6. The predicted octanol–water partition coefficient (Wildman–Crippen LogP) is 4.48. The third-order valence-corrected chi connectivity index (χ3v) is 5.78. The number of carbonyl (C=O) groups is 1. The molecule has 4 rings (SSSR count). The highest BCUT2D eigenvalue weighted by atomic mass is 35.5. The van der Waals surface area contributed by atoms with E-state index in [0.717, 1.165) is 19.6 Å². The molecule has 1 fully saturated rings. The second-order valence-electron chi connectivity index (χ2n) is 7.87. The van der Waals surface area contributed by atoms with Crippen LogP contribution in [0.25, 0.3) is 0 Å². The van der Waals surface area contributed by atoms with Crippen LogP contribution in [0.1, 0.15) is 32.9 Å². The molecule has 2 heterocycles. The van der Waals surface area contributed by atoms with Gasteiger partial charge in [0.2, 0.25) is 0 Å². The molecule has 1 aliphatic heterocycles. The van der Waals surface area contributed by atoms with Gasteiger partial charge in [0.05, 0.1) is 5.56 Å². The summed E-state index contributed by atoms with van der Waals surface area (Å²) < 4.78 is 11.1. The molecule has 0 spiro atoms. The van der Waals surface area contributed by atoms with E-state index in [0.29, 0.717) is 40.9 Å². The highest BCUT2D eigenvalue weighted by Gasteiger charge is 2.28. The van der Waals surface area contributed by atoms with Crippen LogP contribution in [0.2, 0.25) is 5.02 Å². The molecule has 0 aliphatic carbocycles. The van der Waals surface area contributed by atoms with Gasteiger partial charge >= 0.3 is 0 Å². The van der Waals surface area contributed by atoms with Gasteiger partial charge in [-0.05, 0) is 43.7 Å². The lowest BCUT2D eigenvalue weighted by Gasteiger charge is -2.34.